The van der Waals surface area contributed by atoms with Crippen molar-refractivity contribution in [2.75, 3.05) is 6.54 Å². The van der Waals surface area contributed by atoms with Crippen LogP contribution >= 0.6 is 0 Å². The molecule has 1 amide bonds. The number of hydrogen-bond acceptors (Lipinski definition) is 3. The maximum absolute atomic E-state index is 13.1. The lowest BCUT2D eigenvalue weighted by atomic mass is 9.86. The zero-order chi connectivity index (χ0) is 18.1. The average molecular weight is 355 g/mol. The normalized spacial score (nSPS) is 24.0. The molecular formula is C20H22FN3O2. The fourth-order valence-electron chi connectivity index (χ4n) is 4.49. The van der Waals surface area contributed by atoms with E-state index in [0.29, 0.717) is 12.2 Å². The van der Waals surface area contributed by atoms with Crippen LogP contribution in [0.2, 0.25) is 0 Å². The van der Waals surface area contributed by atoms with Crippen molar-refractivity contribution in [3.8, 4) is 5.69 Å². The standard InChI is InChI=1S/C20H22FN3O2/c21-16-3-5-17(6-4-16)24-19(25)8-7-18(23-24)20(26)22-10-9-15-12-13-1-2-14(15)11-13/h3-8,13-15H,1-2,9-12H2,(H,22,26). The highest BCUT2D eigenvalue weighted by molar-refractivity contribution is 5.92. The molecule has 0 radical (unpaired) electrons. The molecule has 4 rings (SSSR count). The third kappa shape index (κ3) is 3.41. The molecule has 2 aromatic rings. The molecule has 1 aromatic carbocycles. The molecule has 2 aliphatic rings. The second-order valence-electron chi connectivity index (χ2n) is 7.42. The molecule has 3 unspecified atom stereocenters. The van der Waals surface area contributed by atoms with E-state index in [1.54, 1.807) is 0 Å². The van der Waals surface area contributed by atoms with Crippen molar-refractivity contribution in [2.24, 2.45) is 17.8 Å². The Labute approximate surface area is 151 Å². The predicted octanol–water partition coefficient (Wildman–Crippen LogP) is 2.93. The van der Waals surface area contributed by atoms with Crippen molar-refractivity contribution >= 4 is 5.91 Å². The molecule has 0 aliphatic heterocycles. The monoisotopic (exact) mass is 355 g/mol. The number of nitrogens with one attached hydrogen (secondary N) is 1. The Morgan fingerprint density at radius 1 is 1.15 bits per heavy atom. The predicted molar refractivity (Wildman–Crippen MR) is 95.7 cm³/mol. The van der Waals surface area contributed by atoms with Gasteiger partial charge in [-0.15, -0.1) is 0 Å². The number of rotatable bonds is 5. The van der Waals surface area contributed by atoms with Crippen molar-refractivity contribution < 1.29 is 9.18 Å². The van der Waals surface area contributed by atoms with Crippen LogP contribution in [0.5, 0.6) is 0 Å². The molecule has 1 aromatic heterocycles. The van der Waals surface area contributed by atoms with E-state index in [-0.39, 0.29) is 17.2 Å². The number of aromatic nitrogens is 2. The Hall–Kier alpha value is -2.50. The molecule has 136 valence electrons. The number of carbonyl (C=O) groups excluding carboxylic acids is 1. The van der Waals surface area contributed by atoms with E-state index in [1.807, 2.05) is 0 Å². The topological polar surface area (TPSA) is 64.0 Å². The molecule has 2 saturated carbocycles. The lowest BCUT2D eigenvalue weighted by molar-refractivity contribution is 0.0943. The van der Waals surface area contributed by atoms with Crippen molar-refractivity contribution in [3.05, 3.63) is 58.3 Å². The van der Waals surface area contributed by atoms with Gasteiger partial charge in [0.2, 0.25) is 0 Å². The van der Waals surface area contributed by atoms with Gasteiger partial charge in [-0.3, -0.25) is 9.59 Å². The highest BCUT2D eigenvalue weighted by Crippen LogP contribution is 2.49. The third-order valence-electron chi connectivity index (χ3n) is 5.79. The number of benzene rings is 1. The van der Waals surface area contributed by atoms with E-state index >= 15 is 0 Å². The van der Waals surface area contributed by atoms with Crippen LogP contribution in [0.1, 0.15) is 42.6 Å². The molecule has 2 aliphatic carbocycles. The Morgan fingerprint density at radius 3 is 2.65 bits per heavy atom. The van der Waals surface area contributed by atoms with Gasteiger partial charge < -0.3 is 5.32 Å². The first kappa shape index (κ1) is 16.9. The van der Waals surface area contributed by atoms with Gasteiger partial charge in [0, 0.05) is 12.6 Å². The summed E-state index contributed by atoms with van der Waals surface area (Å²) in [7, 11) is 0. The molecule has 3 atom stereocenters. The van der Waals surface area contributed by atoms with Gasteiger partial charge in [-0.05, 0) is 73.8 Å². The summed E-state index contributed by atoms with van der Waals surface area (Å²) in [6.45, 7) is 0.629. The van der Waals surface area contributed by atoms with Gasteiger partial charge in [-0.2, -0.15) is 9.78 Å². The molecule has 5 nitrogen and oxygen atoms in total. The van der Waals surface area contributed by atoms with E-state index in [9.17, 15) is 14.0 Å². The Balaban J connectivity index is 1.40. The van der Waals surface area contributed by atoms with E-state index in [2.05, 4.69) is 10.4 Å². The number of hydrogen-bond donors (Lipinski definition) is 1. The Morgan fingerprint density at radius 2 is 1.96 bits per heavy atom. The summed E-state index contributed by atoms with van der Waals surface area (Å²) < 4.78 is 14.2. The fraction of sp³-hybridized carbons (Fsp3) is 0.450. The van der Waals surface area contributed by atoms with Crippen molar-refractivity contribution in [1.82, 2.24) is 15.1 Å². The molecule has 1 N–H and O–H groups in total. The number of nitrogens with zero attached hydrogens (tertiary/aromatic N) is 2. The van der Waals surface area contributed by atoms with Gasteiger partial charge >= 0.3 is 0 Å². The van der Waals surface area contributed by atoms with Gasteiger partial charge in [-0.25, -0.2) is 4.39 Å². The molecule has 0 spiro atoms. The van der Waals surface area contributed by atoms with Crippen LogP contribution in [-0.2, 0) is 0 Å². The van der Waals surface area contributed by atoms with Crippen LogP contribution in [-0.4, -0.2) is 22.2 Å². The molecule has 1 heterocycles. The Bertz CT molecular complexity index is 862. The van der Waals surface area contributed by atoms with Crippen molar-refractivity contribution in [3.63, 3.8) is 0 Å². The second-order valence-corrected chi connectivity index (χ2v) is 7.42. The highest BCUT2D eigenvalue weighted by Gasteiger charge is 2.38. The summed E-state index contributed by atoms with van der Waals surface area (Å²) in [4.78, 5) is 24.4. The number of fused-ring (bicyclic) bond motifs is 2. The molecule has 26 heavy (non-hydrogen) atoms. The lowest BCUT2D eigenvalue weighted by Crippen LogP contribution is -2.30. The van der Waals surface area contributed by atoms with E-state index in [0.717, 1.165) is 28.9 Å². The quantitative estimate of drug-likeness (QED) is 0.897. The van der Waals surface area contributed by atoms with E-state index in [1.165, 1.54) is 62.1 Å². The van der Waals surface area contributed by atoms with Crippen molar-refractivity contribution in [1.29, 1.82) is 0 Å². The largest absolute Gasteiger partial charge is 0.351 e. The van der Waals surface area contributed by atoms with Crippen LogP contribution in [0.25, 0.3) is 5.69 Å². The number of carbonyl (C=O) groups is 1. The van der Waals surface area contributed by atoms with E-state index in [4.69, 9.17) is 0 Å². The van der Waals surface area contributed by atoms with Gasteiger partial charge in [0.1, 0.15) is 11.5 Å². The smallest absolute Gasteiger partial charge is 0.271 e. The average Bonchev–Trinajstić information content (AvgIpc) is 3.26. The summed E-state index contributed by atoms with van der Waals surface area (Å²) in [5.74, 6) is 1.80. The summed E-state index contributed by atoms with van der Waals surface area (Å²) in [6, 6.07) is 8.16. The molecular weight excluding hydrogens is 333 g/mol. The van der Waals surface area contributed by atoms with Crippen LogP contribution < -0.4 is 10.9 Å². The lowest BCUT2D eigenvalue weighted by Gasteiger charge is -2.21. The maximum Gasteiger partial charge on any atom is 0.271 e. The summed E-state index contributed by atoms with van der Waals surface area (Å²) in [6.07, 6.45) is 6.39. The zero-order valence-corrected chi connectivity index (χ0v) is 14.5. The summed E-state index contributed by atoms with van der Waals surface area (Å²) in [5, 5.41) is 7.05. The molecule has 0 saturated heterocycles. The maximum atomic E-state index is 13.1. The minimum absolute atomic E-state index is 0.182. The number of amides is 1. The van der Waals surface area contributed by atoms with Crippen LogP contribution in [0.3, 0.4) is 0 Å². The highest BCUT2D eigenvalue weighted by atomic mass is 19.1. The first-order valence-corrected chi connectivity index (χ1v) is 9.24. The summed E-state index contributed by atoms with van der Waals surface area (Å²) in [5.41, 5.74) is 0.241. The Kier molecular flexibility index (Phi) is 4.57. The first-order chi connectivity index (χ1) is 12.6. The van der Waals surface area contributed by atoms with Crippen LogP contribution in [0.4, 0.5) is 4.39 Å². The molecule has 2 bridgehead atoms. The van der Waals surface area contributed by atoms with Crippen LogP contribution in [0, 0.1) is 23.6 Å². The first-order valence-electron chi connectivity index (χ1n) is 9.24. The van der Waals surface area contributed by atoms with Gasteiger partial charge in [-0.1, -0.05) is 6.42 Å². The fourth-order valence-corrected chi connectivity index (χ4v) is 4.49. The van der Waals surface area contributed by atoms with E-state index < -0.39 is 5.82 Å². The van der Waals surface area contributed by atoms with Gasteiger partial charge in [0.15, 0.2) is 0 Å². The molecule has 6 heteroatoms. The van der Waals surface area contributed by atoms with Gasteiger partial charge in [0.25, 0.3) is 11.5 Å². The van der Waals surface area contributed by atoms with Gasteiger partial charge in [0.05, 0.1) is 5.69 Å². The molecule has 2 fully saturated rings. The van der Waals surface area contributed by atoms with Crippen molar-refractivity contribution in [2.45, 2.75) is 32.1 Å². The zero-order valence-electron chi connectivity index (χ0n) is 14.5. The number of halogens is 1. The van der Waals surface area contributed by atoms with Crippen LogP contribution in [0.15, 0.2) is 41.2 Å². The second kappa shape index (κ2) is 7.02. The minimum Gasteiger partial charge on any atom is -0.351 e. The SMILES string of the molecule is O=C(NCCC1CC2CCC1C2)c1ccc(=O)n(-c2ccc(F)cc2)n1. The summed E-state index contributed by atoms with van der Waals surface area (Å²) >= 11 is 0. The minimum atomic E-state index is -0.392. The third-order valence-corrected chi connectivity index (χ3v) is 5.79.